The number of nitrogens with one attached hydrogen (secondary N) is 1. The second kappa shape index (κ2) is 7.36. The van der Waals surface area contributed by atoms with E-state index >= 15 is 0 Å². The zero-order valence-electron chi connectivity index (χ0n) is 12.3. The predicted molar refractivity (Wildman–Crippen MR) is 89.2 cm³/mol. The van der Waals surface area contributed by atoms with Gasteiger partial charge in [0, 0.05) is 10.6 Å². The fourth-order valence-electron chi connectivity index (χ4n) is 2.54. The van der Waals surface area contributed by atoms with Gasteiger partial charge in [0.05, 0.1) is 19.1 Å². The number of para-hydroxylation sites is 1. The smallest absolute Gasteiger partial charge is 0.223 e. The number of hydrogen-bond donors (Lipinski definition) is 1. The normalized spacial score (nSPS) is 16.6. The Balaban J connectivity index is 1.50. The topological polar surface area (TPSA) is 38.3 Å². The van der Waals surface area contributed by atoms with Crippen LogP contribution >= 0.6 is 11.8 Å². The van der Waals surface area contributed by atoms with Gasteiger partial charge in [0.1, 0.15) is 5.75 Å². The SMILES string of the molecule is O=C(CCOc1ccccc1)NC1CCSc2ccccc21. The highest BCUT2D eigenvalue weighted by molar-refractivity contribution is 7.99. The largest absolute Gasteiger partial charge is 0.493 e. The Morgan fingerprint density at radius 2 is 1.91 bits per heavy atom. The van der Waals surface area contributed by atoms with Crippen molar-refractivity contribution in [2.45, 2.75) is 23.8 Å². The minimum atomic E-state index is 0.0441. The van der Waals surface area contributed by atoms with Crippen molar-refractivity contribution in [1.29, 1.82) is 0 Å². The van der Waals surface area contributed by atoms with Crippen molar-refractivity contribution in [2.75, 3.05) is 12.4 Å². The number of ether oxygens (including phenoxy) is 1. The van der Waals surface area contributed by atoms with Crippen molar-refractivity contribution < 1.29 is 9.53 Å². The van der Waals surface area contributed by atoms with E-state index in [2.05, 4.69) is 17.4 Å². The van der Waals surface area contributed by atoms with E-state index in [1.54, 1.807) is 0 Å². The van der Waals surface area contributed by atoms with E-state index in [4.69, 9.17) is 4.74 Å². The van der Waals surface area contributed by atoms with Crippen LogP contribution in [0.1, 0.15) is 24.4 Å². The monoisotopic (exact) mass is 313 g/mol. The van der Waals surface area contributed by atoms with Crippen LogP contribution < -0.4 is 10.1 Å². The van der Waals surface area contributed by atoms with Crippen LogP contribution in [0.2, 0.25) is 0 Å². The van der Waals surface area contributed by atoms with Crippen molar-refractivity contribution in [2.24, 2.45) is 0 Å². The van der Waals surface area contributed by atoms with Gasteiger partial charge >= 0.3 is 0 Å². The van der Waals surface area contributed by atoms with Crippen LogP contribution in [-0.2, 0) is 4.79 Å². The van der Waals surface area contributed by atoms with Crippen LogP contribution in [0.15, 0.2) is 59.5 Å². The standard InChI is InChI=1S/C18H19NO2S/c20-18(10-12-21-14-6-2-1-3-7-14)19-16-11-13-22-17-9-5-4-8-15(16)17/h1-9,16H,10-13H2,(H,19,20). The molecule has 22 heavy (non-hydrogen) atoms. The molecular formula is C18H19NO2S. The highest BCUT2D eigenvalue weighted by Crippen LogP contribution is 2.35. The maximum absolute atomic E-state index is 12.1. The number of carbonyl (C=O) groups excluding carboxylic acids is 1. The van der Waals surface area contributed by atoms with Crippen molar-refractivity contribution in [3.8, 4) is 5.75 Å². The molecule has 1 atom stereocenters. The van der Waals surface area contributed by atoms with Crippen molar-refractivity contribution in [3.63, 3.8) is 0 Å². The zero-order chi connectivity index (χ0) is 15.2. The molecule has 2 aromatic rings. The van der Waals surface area contributed by atoms with Gasteiger partial charge in [-0.25, -0.2) is 0 Å². The van der Waals surface area contributed by atoms with Gasteiger partial charge in [-0.1, -0.05) is 36.4 Å². The Morgan fingerprint density at radius 3 is 2.77 bits per heavy atom. The van der Waals surface area contributed by atoms with Crippen LogP contribution in [0.4, 0.5) is 0 Å². The van der Waals surface area contributed by atoms with Gasteiger partial charge < -0.3 is 10.1 Å². The molecule has 3 nitrogen and oxygen atoms in total. The molecule has 0 aromatic heterocycles. The van der Waals surface area contributed by atoms with Crippen LogP contribution in [0.25, 0.3) is 0 Å². The molecule has 4 heteroatoms. The highest BCUT2D eigenvalue weighted by atomic mass is 32.2. The average Bonchev–Trinajstić information content (AvgIpc) is 2.56. The summed E-state index contributed by atoms with van der Waals surface area (Å²) in [6, 6.07) is 18.0. The summed E-state index contributed by atoms with van der Waals surface area (Å²) in [6.45, 7) is 0.402. The number of benzene rings is 2. The predicted octanol–water partition coefficient (Wildman–Crippen LogP) is 3.81. The van der Waals surface area contributed by atoms with Crippen molar-refractivity contribution in [1.82, 2.24) is 5.32 Å². The minimum absolute atomic E-state index is 0.0441. The molecule has 0 saturated carbocycles. The number of thioether (sulfide) groups is 1. The molecule has 0 spiro atoms. The molecule has 1 amide bonds. The fourth-order valence-corrected chi connectivity index (χ4v) is 3.66. The molecule has 1 unspecified atom stereocenters. The van der Waals surface area contributed by atoms with Crippen LogP contribution in [0, 0.1) is 0 Å². The van der Waals surface area contributed by atoms with E-state index < -0.39 is 0 Å². The molecule has 2 aromatic carbocycles. The highest BCUT2D eigenvalue weighted by Gasteiger charge is 2.21. The van der Waals surface area contributed by atoms with Gasteiger partial charge in [0.25, 0.3) is 0 Å². The maximum atomic E-state index is 12.1. The van der Waals surface area contributed by atoms with Crippen LogP contribution in [-0.4, -0.2) is 18.3 Å². The van der Waals surface area contributed by atoms with E-state index in [-0.39, 0.29) is 11.9 Å². The molecule has 3 rings (SSSR count). The average molecular weight is 313 g/mol. The third kappa shape index (κ3) is 3.83. The first-order valence-corrected chi connectivity index (χ1v) is 8.50. The van der Waals surface area contributed by atoms with E-state index in [0.717, 1.165) is 17.9 Å². The van der Waals surface area contributed by atoms with Crippen molar-refractivity contribution >= 4 is 17.7 Å². The summed E-state index contributed by atoms with van der Waals surface area (Å²) in [5, 5.41) is 3.13. The summed E-state index contributed by atoms with van der Waals surface area (Å²) in [4.78, 5) is 13.4. The molecule has 0 saturated heterocycles. The van der Waals surface area contributed by atoms with Gasteiger partial charge in [-0.3, -0.25) is 4.79 Å². The second-order valence-corrected chi connectivity index (χ2v) is 6.34. The minimum Gasteiger partial charge on any atom is -0.493 e. The van der Waals surface area contributed by atoms with Crippen LogP contribution in [0.3, 0.4) is 0 Å². The first kappa shape index (κ1) is 15.0. The van der Waals surface area contributed by atoms with Gasteiger partial charge in [-0.05, 0) is 30.2 Å². The summed E-state index contributed by atoms with van der Waals surface area (Å²) < 4.78 is 5.57. The first-order valence-electron chi connectivity index (χ1n) is 7.52. The first-order chi connectivity index (χ1) is 10.8. The summed E-state index contributed by atoms with van der Waals surface area (Å²) in [7, 11) is 0. The van der Waals surface area contributed by atoms with Gasteiger partial charge in [-0.15, -0.1) is 11.8 Å². The van der Waals surface area contributed by atoms with Gasteiger partial charge in [-0.2, -0.15) is 0 Å². The lowest BCUT2D eigenvalue weighted by atomic mass is 10.0. The Morgan fingerprint density at radius 1 is 1.14 bits per heavy atom. The molecular weight excluding hydrogens is 294 g/mol. The quantitative estimate of drug-likeness (QED) is 0.912. The van der Waals surface area contributed by atoms with E-state index in [1.807, 2.05) is 54.2 Å². The molecule has 0 radical (unpaired) electrons. The van der Waals surface area contributed by atoms with Gasteiger partial charge in [0.2, 0.25) is 5.91 Å². The molecule has 0 aliphatic carbocycles. The molecule has 1 aliphatic heterocycles. The molecule has 1 aliphatic rings. The summed E-state index contributed by atoms with van der Waals surface area (Å²) >= 11 is 1.86. The second-order valence-electron chi connectivity index (χ2n) is 5.21. The van der Waals surface area contributed by atoms with E-state index in [9.17, 15) is 4.79 Å². The maximum Gasteiger partial charge on any atom is 0.223 e. The third-order valence-electron chi connectivity index (χ3n) is 3.63. The molecule has 1 N–H and O–H groups in total. The lowest BCUT2D eigenvalue weighted by Crippen LogP contribution is -2.31. The van der Waals surface area contributed by atoms with Crippen molar-refractivity contribution in [3.05, 3.63) is 60.2 Å². The molecule has 0 bridgehead atoms. The Kier molecular flexibility index (Phi) is 5.01. The Bertz CT molecular complexity index is 630. The number of fused-ring (bicyclic) bond motifs is 1. The number of rotatable bonds is 5. The Hall–Kier alpha value is -1.94. The fraction of sp³-hybridized carbons (Fsp3) is 0.278. The number of hydrogen-bond acceptors (Lipinski definition) is 3. The Labute approximate surface area is 135 Å². The lowest BCUT2D eigenvalue weighted by Gasteiger charge is -2.25. The molecule has 1 heterocycles. The van der Waals surface area contributed by atoms with E-state index in [1.165, 1.54) is 10.5 Å². The lowest BCUT2D eigenvalue weighted by molar-refractivity contribution is -0.122. The summed E-state index contributed by atoms with van der Waals surface area (Å²) in [6.07, 6.45) is 1.35. The third-order valence-corrected chi connectivity index (χ3v) is 4.76. The number of carbonyl (C=O) groups is 1. The van der Waals surface area contributed by atoms with E-state index in [0.29, 0.717) is 13.0 Å². The van der Waals surface area contributed by atoms with Crippen LogP contribution in [0.5, 0.6) is 5.75 Å². The van der Waals surface area contributed by atoms with Gasteiger partial charge in [0.15, 0.2) is 0 Å². The molecule has 0 fully saturated rings. The summed E-state index contributed by atoms with van der Waals surface area (Å²) in [5.41, 5.74) is 1.23. The molecule has 114 valence electrons. The summed E-state index contributed by atoms with van der Waals surface area (Å²) in [5.74, 6) is 1.89. The zero-order valence-corrected chi connectivity index (χ0v) is 13.1. The number of amides is 1.